The number of rotatable bonds is 4. The number of carboxylic acids is 1. The molecule has 29 heavy (non-hydrogen) atoms. The third-order valence-corrected chi connectivity index (χ3v) is 5.34. The molecule has 0 atom stereocenters. The molecule has 1 fully saturated rings. The minimum Gasteiger partial charge on any atom is -0.478 e. The van der Waals surface area contributed by atoms with Crippen LogP contribution >= 0.6 is 0 Å². The van der Waals surface area contributed by atoms with Gasteiger partial charge < -0.3 is 25.6 Å². The molecule has 1 aliphatic heterocycles. The number of aromatic nitrogens is 1. The molecule has 4 N–H and O–H groups in total. The maximum absolute atomic E-state index is 12.7. The van der Waals surface area contributed by atoms with Gasteiger partial charge in [-0.25, -0.2) is 9.59 Å². The average molecular weight is 393 g/mol. The first-order chi connectivity index (χ1) is 13.9. The number of aromatic carboxylic acids is 1. The van der Waals surface area contributed by atoms with Crippen LogP contribution in [0.4, 0.5) is 10.5 Å². The van der Waals surface area contributed by atoms with Gasteiger partial charge in [-0.3, -0.25) is 4.79 Å². The van der Waals surface area contributed by atoms with Crippen LogP contribution in [0.2, 0.25) is 0 Å². The third kappa shape index (κ3) is 3.29. The molecule has 148 valence electrons. The normalized spacial score (nSPS) is 15.3. The van der Waals surface area contributed by atoms with Crippen molar-refractivity contribution in [1.29, 1.82) is 5.26 Å². The van der Waals surface area contributed by atoms with Gasteiger partial charge in [0.05, 0.1) is 28.9 Å². The van der Waals surface area contributed by atoms with Crippen LogP contribution in [0.3, 0.4) is 0 Å². The minimum atomic E-state index is -1.04. The SMILES string of the molecule is N#Cc1c(C(N)=O)c2n(c1C1CC1)CCN(C(=O)Nc1ccc(C(=O)O)cc1)C2. The molecule has 2 aromatic rings. The molecule has 9 heteroatoms. The highest BCUT2D eigenvalue weighted by Gasteiger charge is 2.37. The van der Waals surface area contributed by atoms with Crippen LogP contribution in [0.15, 0.2) is 24.3 Å². The number of carbonyl (C=O) groups excluding carboxylic acids is 2. The molecule has 9 nitrogen and oxygen atoms in total. The van der Waals surface area contributed by atoms with Crippen LogP contribution in [-0.2, 0) is 13.1 Å². The monoisotopic (exact) mass is 393 g/mol. The van der Waals surface area contributed by atoms with Gasteiger partial charge in [0.25, 0.3) is 5.91 Å². The van der Waals surface area contributed by atoms with E-state index in [1.54, 1.807) is 4.90 Å². The lowest BCUT2D eigenvalue weighted by Crippen LogP contribution is -2.41. The Morgan fingerprint density at radius 2 is 1.86 bits per heavy atom. The Morgan fingerprint density at radius 3 is 2.41 bits per heavy atom. The molecule has 4 rings (SSSR count). The number of benzene rings is 1. The molecule has 0 radical (unpaired) electrons. The quantitative estimate of drug-likeness (QED) is 0.729. The van der Waals surface area contributed by atoms with E-state index in [2.05, 4.69) is 11.4 Å². The number of nitriles is 1. The summed E-state index contributed by atoms with van der Waals surface area (Å²) < 4.78 is 1.97. The van der Waals surface area contributed by atoms with Gasteiger partial charge in [-0.1, -0.05) is 0 Å². The molecular weight excluding hydrogens is 374 g/mol. The summed E-state index contributed by atoms with van der Waals surface area (Å²) in [5.41, 5.74) is 8.15. The Morgan fingerprint density at radius 1 is 1.17 bits per heavy atom. The lowest BCUT2D eigenvalue weighted by molar-refractivity contribution is 0.0696. The first kappa shape index (κ1) is 18.6. The summed E-state index contributed by atoms with van der Waals surface area (Å²) in [7, 11) is 0. The number of primary amides is 1. The molecule has 0 spiro atoms. The highest BCUT2D eigenvalue weighted by molar-refractivity contribution is 5.98. The fraction of sp³-hybridized carbons (Fsp3) is 0.300. The smallest absolute Gasteiger partial charge is 0.335 e. The van der Waals surface area contributed by atoms with Gasteiger partial charge in [0, 0.05) is 30.4 Å². The Bertz CT molecular complexity index is 1060. The topological polar surface area (TPSA) is 141 Å². The van der Waals surface area contributed by atoms with Crippen LogP contribution in [-0.4, -0.2) is 39.0 Å². The summed E-state index contributed by atoms with van der Waals surface area (Å²) in [6.07, 6.45) is 1.96. The Hall–Kier alpha value is -3.80. The molecule has 3 amide bonds. The molecule has 1 aromatic heterocycles. The number of nitrogens with zero attached hydrogens (tertiary/aromatic N) is 3. The van der Waals surface area contributed by atoms with Crippen molar-refractivity contribution in [2.24, 2.45) is 5.73 Å². The van der Waals surface area contributed by atoms with Crippen LogP contribution in [0.25, 0.3) is 0 Å². The number of carbonyl (C=O) groups is 3. The number of hydrogen-bond donors (Lipinski definition) is 3. The van der Waals surface area contributed by atoms with Crippen molar-refractivity contribution in [3.63, 3.8) is 0 Å². The van der Waals surface area contributed by atoms with E-state index in [0.29, 0.717) is 30.0 Å². The molecule has 1 aliphatic carbocycles. The Balaban J connectivity index is 1.58. The summed E-state index contributed by atoms with van der Waals surface area (Å²) in [5.74, 6) is -1.44. The summed E-state index contributed by atoms with van der Waals surface area (Å²) in [5, 5.41) is 21.3. The Kier molecular flexibility index (Phi) is 4.47. The number of urea groups is 1. The molecule has 0 saturated heterocycles. The number of carboxylic acid groups (broad SMARTS) is 1. The van der Waals surface area contributed by atoms with Gasteiger partial charge in [-0.2, -0.15) is 5.26 Å². The minimum absolute atomic E-state index is 0.126. The molecular formula is C20H19N5O4. The second-order valence-electron chi connectivity index (χ2n) is 7.22. The van der Waals surface area contributed by atoms with Crippen molar-refractivity contribution in [3.8, 4) is 6.07 Å². The fourth-order valence-electron chi connectivity index (χ4n) is 3.82. The van der Waals surface area contributed by atoms with Gasteiger partial charge in [-0.05, 0) is 37.1 Å². The second kappa shape index (κ2) is 6.98. The Labute approximate surface area is 166 Å². The standard InChI is InChI=1S/C20H19N5O4/c21-9-14-16(18(22)26)15-10-24(7-8-25(15)17(14)11-1-2-11)20(29)23-13-5-3-12(4-6-13)19(27)28/h3-6,11H,1-2,7-8,10H2,(H2,22,26)(H,23,29)(H,27,28). The van der Waals surface area contributed by atoms with E-state index < -0.39 is 11.9 Å². The van der Waals surface area contributed by atoms with E-state index in [1.807, 2.05) is 4.57 Å². The van der Waals surface area contributed by atoms with Crippen molar-refractivity contribution >= 4 is 23.6 Å². The van der Waals surface area contributed by atoms with Crippen molar-refractivity contribution in [1.82, 2.24) is 9.47 Å². The maximum atomic E-state index is 12.7. The predicted molar refractivity (Wildman–Crippen MR) is 102 cm³/mol. The summed E-state index contributed by atoms with van der Waals surface area (Å²) in [6.45, 7) is 1.07. The lowest BCUT2D eigenvalue weighted by Gasteiger charge is -2.30. The average Bonchev–Trinajstić information content (AvgIpc) is 3.48. The van der Waals surface area contributed by atoms with Crippen LogP contribution < -0.4 is 11.1 Å². The number of fused-ring (bicyclic) bond motifs is 1. The largest absolute Gasteiger partial charge is 0.478 e. The third-order valence-electron chi connectivity index (χ3n) is 5.34. The van der Waals surface area contributed by atoms with Crippen molar-refractivity contribution < 1.29 is 19.5 Å². The number of hydrogen-bond acceptors (Lipinski definition) is 4. The maximum Gasteiger partial charge on any atom is 0.335 e. The molecule has 1 saturated carbocycles. The second-order valence-corrected chi connectivity index (χ2v) is 7.22. The molecule has 0 unspecified atom stereocenters. The number of nitrogens with two attached hydrogens (primary N) is 1. The van der Waals surface area contributed by atoms with Crippen molar-refractivity contribution in [2.75, 3.05) is 11.9 Å². The van der Waals surface area contributed by atoms with E-state index in [1.165, 1.54) is 24.3 Å². The number of anilines is 1. The zero-order valence-electron chi connectivity index (χ0n) is 15.5. The lowest BCUT2D eigenvalue weighted by atomic mass is 10.1. The summed E-state index contributed by atoms with van der Waals surface area (Å²) in [4.78, 5) is 37.2. The number of nitrogens with one attached hydrogen (secondary N) is 1. The van der Waals surface area contributed by atoms with Crippen molar-refractivity contribution in [3.05, 3.63) is 52.3 Å². The fourth-order valence-corrected chi connectivity index (χ4v) is 3.82. The first-order valence-corrected chi connectivity index (χ1v) is 9.25. The highest BCUT2D eigenvalue weighted by Crippen LogP contribution is 2.44. The zero-order valence-corrected chi connectivity index (χ0v) is 15.5. The first-order valence-electron chi connectivity index (χ1n) is 9.25. The zero-order chi connectivity index (χ0) is 20.7. The predicted octanol–water partition coefficient (Wildman–Crippen LogP) is 2.08. The van der Waals surface area contributed by atoms with E-state index in [-0.39, 0.29) is 29.6 Å². The molecule has 0 bridgehead atoms. The van der Waals surface area contributed by atoms with Crippen molar-refractivity contribution in [2.45, 2.75) is 31.8 Å². The van der Waals surface area contributed by atoms with Gasteiger partial charge in [0.2, 0.25) is 0 Å². The van der Waals surface area contributed by atoms with Gasteiger partial charge >= 0.3 is 12.0 Å². The molecule has 1 aromatic carbocycles. The molecule has 2 heterocycles. The summed E-state index contributed by atoms with van der Waals surface area (Å²) in [6, 6.07) is 7.61. The highest BCUT2D eigenvalue weighted by atomic mass is 16.4. The molecule has 2 aliphatic rings. The van der Waals surface area contributed by atoms with Gasteiger partial charge in [0.15, 0.2) is 0 Å². The summed E-state index contributed by atoms with van der Waals surface area (Å²) >= 11 is 0. The van der Waals surface area contributed by atoms with Gasteiger partial charge in [-0.15, -0.1) is 0 Å². The number of amides is 3. The van der Waals surface area contributed by atoms with Crippen LogP contribution in [0.5, 0.6) is 0 Å². The van der Waals surface area contributed by atoms with E-state index in [9.17, 15) is 19.6 Å². The van der Waals surface area contributed by atoms with E-state index >= 15 is 0 Å². The van der Waals surface area contributed by atoms with Crippen LogP contribution in [0.1, 0.15) is 56.4 Å². The van der Waals surface area contributed by atoms with Gasteiger partial charge in [0.1, 0.15) is 6.07 Å². The van der Waals surface area contributed by atoms with E-state index in [4.69, 9.17) is 10.8 Å². The van der Waals surface area contributed by atoms with Crippen LogP contribution in [0, 0.1) is 11.3 Å². The van der Waals surface area contributed by atoms with E-state index in [0.717, 1.165) is 18.5 Å².